The standard InChI is InChI=1S/C12H17NO4S/c14-8-9-17-11-4-6-12(7-5-11)18(15,16)13-10-2-1-3-10/h4-7,10,13-14H,1-3,8-9H2. The van der Waals surface area contributed by atoms with Crippen molar-refractivity contribution in [1.82, 2.24) is 4.72 Å². The van der Waals surface area contributed by atoms with Crippen LogP contribution in [0.1, 0.15) is 19.3 Å². The Balaban J connectivity index is 2.03. The summed E-state index contributed by atoms with van der Waals surface area (Å²) in [5.74, 6) is 0.548. The van der Waals surface area contributed by atoms with Crippen molar-refractivity contribution < 1.29 is 18.3 Å². The summed E-state index contributed by atoms with van der Waals surface area (Å²) in [7, 11) is -3.41. The summed E-state index contributed by atoms with van der Waals surface area (Å²) in [5, 5.41) is 8.61. The van der Waals surface area contributed by atoms with Gasteiger partial charge in [-0.2, -0.15) is 0 Å². The molecule has 0 amide bonds. The predicted octanol–water partition coefficient (Wildman–Crippen LogP) is 0.888. The molecule has 2 rings (SSSR count). The molecule has 0 heterocycles. The average Bonchev–Trinajstić information content (AvgIpc) is 2.32. The number of aliphatic hydroxyl groups is 1. The highest BCUT2D eigenvalue weighted by molar-refractivity contribution is 7.89. The fourth-order valence-electron chi connectivity index (χ4n) is 1.69. The van der Waals surface area contributed by atoms with Crippen molar-refractivity contribution >= 4 is 10.0 Å². The molecule has 0 atom stereocenters. The lowest BCUT2D eigenvalue weighted by atomic mass is 9.94. The van der Waals surface area contributed by atoms with Gasteiger partial charge in [0.2, 0.25) is 10.0 Å². The van der Waals surface area contributed by atoms with E-state index in [1.165, 1.54) is 12.1 Å². The molecule has 0 aromatic heterocycles. The van der Waals surface area contributed by atoms with E-state index < -0.39 is 10.0 Å². The lowest BCUT2D eigenvalue weighted by molar-refractivity contribution is 0.201. The van der Waals surface area contributed by atoms with Crippen molar-refractivity contribution in [2.24, 2.45) is 0 Å². The largest absolute Gasteiger partial charge is 0.491 e. The van der Waals surface area contributed by atoms with Crippen LogP contribution in [0.15, 0.2) is 29.2 Å². The maximum atomic E-state index is 12.0. The zero-order valence-corrected chi connectivity index (χ0v) is 10.8. The second-order valence-electron chi connectivity index (χ2n) is 4.29. The minimum Gasteiger partial charge on any atom is -0.491 e. The molecule has 0 aliphatic heterocycles. The molecule has 1 aliphatic rings. The summed E-state index contributed by atoms with van der Waals surface area (Å²) in [6, 6.07) is 6.28. The van der Waals surface area contributed by atoms with Crippen molar-refractivity contribution in [1.29, 1.82) is 0 Å². The second kappa shape index (κ2) is 5.69. The van der Waals surface area contributed by atoms with Gasteiger partial charge in [0, 0.05) is 6.04 Å². The molecule has 0 saturated heterocycles. The first-order valence-electron chi connectivity index (χ1n) is 5.98. The van der Waals surface area contributed by atoms with Gasteiger partial charge >= 0.3 is 0 Å². The third-order valence-electron chi connectivity index (χ3n) is 2.92. The Morgan fingerprint density at radius 2 is 1.94 bits per heavy atom. The van der Waals surface area contributed by atoms with Gasteiger partial charge in [-0.05, 0) is 37.1 Å². The van der Waals surface area contributed by atoms with Crippen LogP contribution in [0.2, 0.25) is 0 Å². The summed E-state index contributed by atoms with van der Waals surface area (Å²) in [5.41, 5.74) is 0. The van der Waals surface area contributed by atoms with Gasteiger partial charge in [0.1, 0.15) is 12.4 Å². The smallest absolute Gasteiger partial charge is 0.240 e. The molecule has 5 nitrogen and oxygen atoms in total. The molecule has 1 aromatic carbocycles. The first-order valence-corrected chi connectivity index (χ1v) is 7.46. The summed E-state index contributed by atoms with van der Waals surface area (Å²) in [6.45, 7) is 0.135. The zero-order valence-electron chi connectivity index (χ0n) is 10.0. The Bertz CT molecular complexity index is 479. The minimum atomic E-state index is -3.41. The van der Waals surface area contributed by atoms with Crippen LogP contribution in [0.4, 0.5) is 0 Å². The highest BCUT2D eigenvalue weighted by Crippen LogP contribution is 2.22. The maximum Gasteiger partial charge on any atom is 0.240 e. The number of hydrogen-bond acceptors (Lipinski definition) is 4. The van der Waals surface area contributed by atoms with Gasteiger partial charge in [0.05, 0.1) is 11.5 Å². The molecule has 1 saturated carbocycles. The molecule has 0 radical (unpaired) electrons. The lowest BCUT2D eigenvalue weighted by Gasteiger charge is -2.26. The van der Waals surface area contributed by atoms with Crippen LogP contribution < -0.4 is 9.46 Å². The highest BCUT2D eigenvalue weighted by atomic mass is 32.2. The Morgan fingerprint density at radius 3 is 2.44 bits per heavy atom. The molecule has 1 fully saturated rings. The number of aliphatic hydroxyl groups excluding tert-OH is 1. The molecule has 6 heteroatoms. The van der Waals surface area contributed by atoms with E-state index >= 15 is 0 Å². The predicted molar refractivity (Wildman–Crippen MR) is 67.0 cm³/mol. The first-order chi connectivity index (χ1) is 8.62. The van der Waals surface area contributed by atoms with E-state index in [1.54, 1.807) is 12.1 Å². The highest BCUT2D eigenvalue weighted by Gasteiger charge is 2.24. The molecule has 100 valence electrons. The number of ether oxygens (including phenoxy) is 1. The van der Waals surface area contributed by atoms with Crippen LogP contribution >= 0.6 is 0 Å². The number of hydrogen-bond donors (Lipinski definition) is 2. The van der Waals surface area contributed by atoms with E-state index in [0.717, 1.165) is 19.3 Å². The summed E-state index contributed by atoms with van der Waals surface area (Å²) in [4.78, 5) is 0.241. The lowest BCUT2D eigenvalue weighted by Crippen LogP contribution is -2.39. The third kappa shape index (κ3) is 3.22. The normalized spacial score (nSPS) is 16.3. The van der Waals surface area contributed by atoms with E-state index in [0.29, 0.717) is 5.75 Å². The molecule has 0 bridgehead atoms. The van der Waals surface area contributed by atoms with Crippen LogP contribution in [-0.2, 0) is 10.0 Å². The van der Waals surface area contributed by atoms with E-state index in [9.17, 15) is 8.42 Å². The van der Waals surface area contributed by atoms with Crippen molar-refractivity contribution in [3.8, 4) is 5.75 Å². The SMILES string of the molecule is O=S(=O)(NC1CCC1)c1ccc(OCCO)cc1. The first kappa shape index (κ1) is 13.3. The van der Waals surface area contributed by atoms with Gasteiger partial charge in [-0.3, -0.25) is 0 Å². The van der Waals surface area contributed by atoms with Gasteiger partial charge in [0.25, 0.3) is 0 Å². The Labute approximate surface area is 107 Å². The molecule has 1 aliphatic carbocycles. The van der Waals surface area contributed by atoms with E-state index in [-0.39, 0.29) is 24.2 Å². The van der Waals surface area contributed by atoms with Gasteiger partial charge in [-0.15, -0.1) is 0 Å². The van der Waals surface area contributed by atoms with Crippen molar-refractivity contribution in [3.05, 3.63) is 24.3 Å². The maximum absolute atomic E-state index is 12.0. The molecular formula is C12H17NO4S. The molecule has 2 N–H and O–H groups in total. The monoisotopic (exact) mass is 271 g/mol. The fourth-order valence-corrected chi connectivity index (χ4v) is 3.00. The number of benzene rings is 1. The summed E-state index contributed by atoms with van der Waals surface area (Å²) >= 11 is 0. The number of nitrogens with one attached hydrogen (secondary N) is 1. The van der Waals surface area contributed by atoms with Crippen molar-refractivity contribution in [3.63, 3.8) is 0 Å². The molecule has 0 spiro atoms. The van der Waals surface area contributed by atoms with Crippen LogP contribution in [0, 0.1) is 0 Å². The topological polar surface area (TPSA) is 75.6 Å². The second-order valence-corrected chi connectivity index (χ2v) is 6.01. The zero-order chi connectivity index (χ0) is 13.0. The van der Waals surface area contributed by atoms with Gasteiger partial charge in [-0.1, -0.05) is 6.42 Å². The van der Waals surface area contributed by atoms with Crippen molar-refractivity contribution in [2.75, 3.05) is 13.2 Å². The Hall–Kier alpha value is -1.11. The Morgan fingerprint density at radius 1 is 1.28 bits per heavy atom. The molecule has 0 unspecified atom stereocenters. The molecule has 1 aromatic rings. The van der Waals surface area contributed by atoms with E-state index in [2.05, 4.69) is 4.72 Å². The van der Waals surface area contributed by atoms with Crippen LogP contribution in [0.25, 0.3) is 0 Å². The van der Waals surface area contributed by atoms with Gasteiger partial charge in [-0.25, -0.2) is 13.1 Å². The Kier molecular flexibility index (Phi) is 4.21. The van der Waals surface area contributed by atoms with Crippen molar-refractivity contribution in [2.45, 2.75) is 30.2 Å². The van der Waals surface area contributed by atoms with Crippen LogP contribution in [0.5, 0.6) is 5.75 Å². The van der Waals surface area contributed by atoms with Gasteiger partial charge in [0.15, 0.2) is 0 Å². The van der Waals surface area contributed by atoms with E-state index in [4.69, 9.17) is 9.84 Å². The quantitative estimate of drug-likeness (QED) is 0.805. The fraction of sp³-hybridized carbons (Fsp3) is 0.500. The summed E-state index contributed by atoms with van der Waals surface area (Å²) in [6.07, 6.45) is 2.91. The minimum absolute atomic E-state index is 0.0662. The molecular weight excluding hydrogens is 254 g/mol. The average molecular weight is 271 g/mol. The summed E-state index contributed by atoms with van der Waals surface area (Å²) < 4.78 is 31.8. The van der Waals surface area contributed by atoms with Crippen LogP contribution in [-0.4, -0.2) is 32.8 Å². The number of rotatable bonds is 6. The van der Waals surface area contributed by atoms with Gasteiger partial charge < -0.3 is 9.84 Å². The van der Waals surface area contributed by atoms with Crippen LogP contribution in [0.3, 0.4) is 0 Å². The number of sulfonamides is 1. The molecule has 18 heavy (non-hydrogen) atoms. The third-order valence-corrected chi connectivity index (χ3v) is 4.46. The van der Waals surface area contributed by atoms with E-state index in [1.807, 2.05) is 0 Å².